The van der Waals surface area contributed by atoms with E-state index in [0.717, 1.165) is 24.6 Å². The van der Waals surface area contributed by atoms with Crippen molar-refractivity contribution in [3.05, 3.63) is 23.2 Å². The average Bonchev–Trinajstić information content (AvgIpc) is 2.39. The van der Waals surface area contributed by atoms with Gasteiger partial charge in [0.2, 0.25) is 10.0 Å². The molecule has 1 atom stereocenters. The summed E-state index contributed by atoms with van der Waals surface area (Å²) >= 11 is 5.74. The predicted molar refractivity (Wildman–Crippen MR) is 76.2 cm³/mol. The number of ether oxygens (including phenoxy) is 1. The van der Waals surface area contributed by atoms with Crippen molar-refractivity contribution in [1.29, 1.82) is 0 Å². The first-order valence-electron chi connectivity index (χ1n) is 6.27. The van der Waals surface area contributed by atoms with E-state index < -0.39 is 22.7 Å². The first-order valence-corrected chi connectivity index (χ1v) is 8.13. The second kappa shape index (κ2) is 7.88. The van der Waals surface area contributed by atoms with E-state index in [-0.39, 0.29) is 22.2 Å². The van der Waals surface area contributed by atoms with Crippen LogP contribution in [0.1, 0.15) is 19.8 Å². The van der Waals surface area contributed by atoms with Gasteiger partial charge in [-0.2, -0.15) is 8.78 Å². The lowest BCUT2D eigenvalue weighted by molar-refractivity contribution is -0.0498. The zero-order valence-corrected chi connectivity index (χ0v) is 12.9. The Balaban J connectivity index is 2.96. The van der Waals surface area contributed by atoms with Gasteiger partial charge in [0, 0.05) is 12.6 Å². The van der Waals surface area contributed by atoms with Crippen LogP contribution in [-0.4, -0.2) is 27.6 Å². The standard InChI is InChI=1S/C12H17ClF2N2O3S/c1-2-3-8(7-16)17-21(18,19)9-4-5-11(10(13)6-9)20-12(14)15/h4-6,8,12,17H,2-3,7,16H2,1H3. The Labute approximate surface area is 127 Å². The van der Waals surface area contributed by atoms with Crippen LogP contribution in [0.4, 0.5) is 8.78 Å². The van der Waals surface area contributed by atoms with Gasteiger partial charge in [0.1, 0.15) is 5.75 Å². The summed E-state index contributed by atoms with van der Waals surface area (Å²) in [6.45, 7) is -0.966. The Morgan fingerprint density at radius 2 is 2.10 bits per heavy atom. The summed E-state index contributed by atoms with van der Waals surface area (Å²) in [5, 5.41) is -0.210. The van der Waals surface area contributed by atoms with E-state index in [0.29, 0.717) is 6.42 Å². The van der Waals surface area contributed by atoms with Crippen molar-refractivity contribution in [1.82, 2.24) is 4.72 Å². The number of nitrogens with two attached hydrogens (primary N) is 1. The second-order valence-corrected chi connectivity index (χ2v) is 6.43. The minimum Gasteiger partial charge on any atom is -0.433 e. The SMILES string of the molecule is CCCC(CN)NS(=O)(=O)c1ccc(OC(F)F)c(Cl)c1. The number of nitrogens with one attached hydrogen (secondary N) is 1. The zero-order valence-electron chi connectivity index (χ0n) is 11.4. The molecular weight excluding hydrogens is 326 g/mol. The van der Waals surface area contributed by atoms with Crippen molar-refractivity contribution >= 4 is 21.6 Å². The highest BCUT2D eigenvalue weighted by Gasteiger charge is 2.20. The Bertz CT molecular complexity index is 570. The quantitative estimate of drug-likeness (QED) is 0.759. The molecular formula is C12H17ClF2N2O3S. The molecule has 3 N–H and O–H groups in total. The van der Waals surface area contributed by atoms with Crippen molar-refractivity contribution in [2.24, 2.45) is 5.73 Å². The molecule has 0 heterocycles. The van der Waals surface area contributed by atoms with Crippen molar-refractivity contribution < 1.29 is 21.9 Å². The zero-order chi connectivity index (χ0) is 16.0. The summed E-state index contributed by atoms with van der Waals surface area (Å²) in [6.07, 6.45) is 1.36. The van der Waals surface area contributed by atoms with Gasteiger partial charge in [-0.05, 0) is 24.6 Å². The molecule has 0 saturated heterocycles. The minimum absolute atomic E-state index is 0.135. The van der Waals surface area contributed by atoms with E-state index in [1.165, 1.54) is 0 Å². The van der Waals surface area contributed by atoms with Crippen molar-refractivity contribution in [3.63, 3.8) is 0 Å². The van der Waals surface area contributed by atoms with Gasteiger partial charge in [0.05, 0.1) is 9.92 Å². The smallest absolute Gasteiger partial charge is 0.387 e. The van der Waals surface area contributed by atoms with Gasteiger partial charge in [-0.3, -0.25) is 0 Å². The maximum Gasteiger partial charge on any atom is 0.387 e. The van der Waals surface area contributed by atoms with Crippen LogP contribution < -0.4 is 15.2 Å². The van der Waals surface area contributed by atoms with Crippen LogP contribution in [0.15, 0.2) is 23.1 Å². The first-order chi connectivity index (χ1) is 9.80. The van der Waals surface area contributed by atoms with Gasteiger partial charge in [-0.25, -0.2) is 13.1 Å². The molecule has 0 aliphatic heterocycles. The maximum atomic E-state index is 12.1. The van der Waals surface area contributed by atoms with Gasteiger partial charge in [-0.1, -0.05) is 24.9 Å². The van der Waals surface area contributed by atoms with E-state index in [1.807, 2.05) is 6.92 Å². The van der Waals surface area contributed by atoms with Crippen molar-refractivity contribution in [2.45, 2.75) is 37.3 Å². The minimum atomic E-state index is -3.82. The average molecular weight is 343 g/mol. The fourth-order valence-corrected chi connectivity index (χ4v) is 3.30. The third kappa shape index (κ3) is 5.39. The highest BCUT2D eigenvalue weighted by Crippen LogP contribution is 2.28. The number of sulfonamides is 1. The van der Waals surface area contributed by atoms with Crippen LogP contribution in [0.25, 0.3) is 0 Å². The van der Waals surface area contributed by atoms with Gasteiger partial charge < -0.3 is 10.5 Å². The topological polar surface area (TPSA) is 81.4 Å². The summed E-state index contributed by atoms with van der Waals surface area (Å²) < 4.78 is 55.1. The van der Waals surface area contributed by atoms with Crippen LogP contribution in [0.3, 0.4) is 0 Å². The predicted octanol–water partition coefficient (Wildman–Crippen LogP) is 2.35. The fraction of sp³-hybridized carbons (Fsp3) is 0.500. The number of benzene rings is 1. The molecule has 1 aromatic carbocycles. The molecule has 0 fully saturated rings. The number of hydrogen-bond donors (Lipinski definition) is 2. The van der Waals surface area contributed by atoms with E-state index in [1.54, 1.807) is 0 Å². The van der Waals surface area contributed by atoms with Crippen molar-refractivity contribution in [2.75, 3.05) is 6.54 Å². The van der Waals surface area contributed by atoms with Crippen LogP contribution in [0, 0.1) is 0 Å². The second-order valence-electron chi connectivity index (χ2n) is 4.31. The highest BCUT2D eigenvalue weighted by molar-refractivity contribution is 7.89. The number of halogens is 3. The van der Waals surface area contributed by atoms with Crippen LogP contribution >= 0.6 is 11.6 Å². The molecule has 1 aromatic rings. The summed E-state index contributed by atoms with van der Waals surface area (Å²) in [7, 11) is -3.82. The number of rotatable bonds is 8. The molecule has 0 spiro atoms. The number of hydrogen-bond acceptors (Lipinski definition) is 4. The van der Waals surface area contributed by atoms with Gasteiger partial charge in [0.25, 0.3) is 0 Å². The van der Waals surface area contributed by atoms with E-state index in [2.05, 4.69) is 9.46 Å². The molecule has 0 aromatic heterocycles. The highest BCUT2D eigenvalue weighted by atomic mass is 35.5. The molecule has 0 saturated carbocycles. The van der Waals surface area contributed by atoms with E-state index in [9.17, 15) is 17.2 Å². The molecule has 1 rings (SSSR count). The van der Waals surface area contributed by atoms with Gasteiger partial charge >= 0.3 is 6.61 Å². The monoisotopic (exact) mass is 342 g/mol. The molecule has 0 amide bonds. The summed E-state index contributed by atoms with van der Waals surface area (Å²) in [5.41, 5.74) is 5.50. The van der Waals surface area contributed by atoms with Crippen LogP contribution in [0.2, 0.25) is 5.02 Å². The molecule has 120 valence electrons. The van der Waals surface area contributed by atoms with E-state index in [4.69, 9.17) is 17.3 Å². The Hall–Kier alpha value is -0.960. The molecule has 0 radical (unpaired) electrons. The molecule has 9 heteroatoms. The molecule has 0 bridgehead atoms. The maximum absolute atomic E-state index is 12.1. The summed E-state index contributed by atoms with van der Waals surface area (Å²) in [6, 6.07) is 2.89. The fourth-order valence-electron chi connectivity index (χ4n) is 1.70. The molecule has 5 nitrogen and oxygen atoms in total. The lowest BCUT2D eigenvalue weighted by Gasteiger charge is -2.16. The third-order valence-electron chi connectivity index (χ3n) is 2.67. The normalized spacial score (nSPS) is 13.4. The number of alkyl halides is 2. The largest absolute Gasteiger partial charge is 0.433 e. The van der Waals surface area contributed by atoms with Crippen LogP contribution in [0.5, 0.6) is 5.75 Å². The Morgan fingerprint density at radius 3 is 2.57 bits per heavy atom. The molecule has 1 unspecified atom stereocenters. The Kier molecular flexibility index (Phi) is 6.79. The van der Waals surface area contributed by atoms with E-state index >= 15 is 0 Å². The van der Waals surface area contributed by atoms with Crippen LogP contribution in [-0.2, 0) is 10.0 Å². The molecule has 0 aliphatic rings. The lowest BCUT2D eigenvalue weighted by Crippen LogP contribution is -2.39. The summed E-state index contributed by atoms with van der Waals surface area (Å²) in [5.74, 6) is -0.283. The molecule has 21 heavy (non-hydrogen) atoms. The Morgan fingerprint density at radius 1 is 1.43 bits per heavy atom. The third-order valence-corrected chi connectivity index (χ3v) is 4.49. The summed E-state index contributed by atoms with van der Waals surface area (Å²) in [4.78, 5) is -0.135. The lowest BCUT2D eigenvalue weighted by atomic mass is 10.2. The van der Waals surface area contributed by atoms with Gasteiger partial charge in [0.15, 0.2) is 0 Å². The van der Waals surface area contributed by atoms with Gasteiger partial charge in [-0.15, -0.1) is 0 Å². The van der Waals surface area contributed by atoms with Crippen molar-refractivity contribution in [3.8, 4) is 5.75 Å². The molecule has 0 aliphatic carbocycles. The first kappa shape index (κ1) is 18.1.